The van der Waals surface area contributed by atoms with Crippen LogP contribution in [0.1, 0.15) is 29.8 Å². The molecule has 0 bridgehead atoms. The fourth-order valence-electron chi connectivity index (χ4n) is 2.09. The van der Waals surface area contributed by atoms with Crippen LogP contribution in [0, 0.1) is 17.2 Å². The van der Waals surface area contributed by atoms with Gasteiger partial charge in [0.05, 0.1) is 11.1 Å². The highest BCUT2D eigenvalue weighted by atomic mass is 16.5. The third-order valence-electron chi connectivity index (χ3n) is 3.86. The van der Waals surface area contributed by atoms with Gasteiger partial charge in [-0.25, -0.2) is 0 Å². The van der Waals surface area contributed by atoms with Crippen molar-refractivity contribution < 1.29 is 14.6 Å². The second kappa shape index (κ2) is 8.14. The molecule has 5 heteroatoms. The average Bonchev–Trinajstić information content (AvgIpc) is 2.61. The summed E-state index contributed by atoms with van der Waals surface area (Å²) in [6.07, 6.45) is 0. The Hall–Kier alpha value is -2.84. The zero-order valence-corrected chi connectivity index (χ0v) is 13.7. The van der Waals surface area contributed by atoms with E-state index in [2.05, 4.69) is 11.4 Å². The van der Waals surface area contributed by atoms with Gasteiger partial charge in [-0.05, 0) is 37.1 Å². The summed E-state index contributed by atoms with van der Waals surface area (Å²) >= 11 is 0. The highest BCUT2D eigenvalue weighted by Gasteiger charge is 2.18. The van der Waals surface area contributed by atoms with Gasteiger partial charge in [-0.3, -0.25) is 4.79 Å². The second-order valence-electron chi connectivity index (χ2n) is 5.63. The average molecular weight is 324 g/mol. The molecule has 5 nitrogen and oxygen atoms in total. The molecule has 0 unspecified atom stereocenters. The number of nitrogens with one attached hydrogen (secondary N) is 1. The van der Waals surface area contributed by atoms with E-state index in [1.165, 1.54) is 0 Å². The predicted octanol–water partition coefficient (Wildman–Crippen LogP) is 3.10. The van der Waals surface area contributed by atoms with Gasteiger partial charge in [0.15, 0.2) is 0 Å². The molecule has 124 valence electrons. The zero-order valence-electron chi connectivity index (χ0n) is 13.7. The monoisotopic (exact) mass is 324 g/mol. The van der Waals surface area contributed by atoms with Gasteiger partial charge in [0.2, 0.25) is 0 Å². The summed E-state index contributed by atoms with van der Waals surface area (Å²) in [5.41, 5.74) is 0.775. The van der Waals surface area contributed by atoms with Crippen LogP contribution in [-0.2, 0) is 0 Å². The minimum Gasteiger partial charge on any atom is -0.455 e. The Balaban J connectivity index is 2.24. The summed E-state index contributed by atoms with van der Waals surface area (Å²) in [7, 11) is 0. The predicted molar refractivity (Wildman–Crippen MR) is 90.9 cm³/mol. The fraction of sp³-hybridized carbons (Fsp3) is 0.263. The highest BCUT2D eigenvalue weighted by Crippen LogP contribution is 2.27. The second-order valence-corrected chi connectivity index (χ2v) is 5.63. The summed E-state index contributed by atoms with van der Waals surface area (Å²) < 4.78 is 5.79. The number of amides is 1. The Labute approximate surface area is 141 Å². The standard InChI is InChI=1S/C19H20N2O3/c1-13(12-22)14(2)21-19(23)16-8-4-6-10-18(16)24-17-9-5-3-7-15(17)11-20/h3-10,13-14,22H,12H2,1-2H3,(H,21,23)/t13-,14-/m1/s1. The molecule has 2 N–H and O–H groups in total. The van der Waals surface area contributed by atoms with Crippen LogP contribution in [0.5, 0.6) is 11.5 Å². The minimum absolute atomic E-state index is 0.00482. The van der Waals surface area contributed by atoms with E-state index in [0.29, 0.717) is 22.6 Å². The maximum Gasteiger partial charge on any atom is 0.255 e. The van der Waals surface area contributed by atoms with E-state index < -0.39 is 0 Å². The lowest BCUT2D eigenvalue weighted by molar-refractivity contribution is 0.0914. The number of ether oxygens (including phenoxy) is 1. The lowest BCUT2D eigenvalue weighted by Crippen LogP contribution is -2.38. The van der Waals surface area contributed by atoms with Gasteiger partial charge >= 0.3 is 0 Å². The van der Waals surface area contributed by atoms with Crippen molar-refractivity contribution >= 4 is 5.91 Å². The Morgan fingerprint density at radius 2 is 1.79 bits per heavy atom. The van der Waals surface area contributed by atoms with Crippen molar-refractivity contribution in [1.29, 1.82) is 5.26 Å². The third kappa shape index (κ3) is 4.12. The summed E-state index contributed by atoms with van der Waals surface area (Å²) in [5, 5.41) is 21.2. The topological polar surface area (TPSA) is 82.3 Å². The van der Waals surface area contributed by atoms with E-state index in [0.717, 1.165) is 0 Å². The van der Waals surface area contributed by atoms with Crippen LogP contribution in [0.25, 0.3) is 0 Å². The Morgan fingerprint density at radius 3 is 2.46 bits per heavy atom. The SMILES string of the molecule is C[C@H](CO)[C@@H](C)NC(=O)c1ccccc1Oc1ccccc1C#N. The van der Waals surface area contributed by atoms with Crippen LogP contribution in [0.3, 0.4) is 0 Å². The first kappa shape index (κ1) is 17.5. The Bertz CT molecular complexity index is 752. The van der Waals surface area contributed by atoms with Gasteiger partial charge in [0, 0.05) is 12.6 Å². The quantitative estimate of drug-likeness (QED) is 0.855. The molecule has 24 heavy (non-hydrogen) atoms. The van der Waals surface area contributed by atoms with Crippen molar-refractivity contribution in [2.24, 2.45) is 5.92 Å². The van der Waals surface area contributed by atoms with E-state index in [1.807, 2.05) is 13.8 Å². The smallest absolute Gasteiger partial charge is 0.255 e. The zero-order chi connectivity index (χ0) is 17.5. The molecule has 0 aliphatic heterocycles. The molecule has 0 fully saturated rings. The van der Waals surface area contributed by atoms with Crippen LogP contribution in [0.15, 0.2) is 48.5 Å². The number of para-hydroxylation sites is 2. The van der Waals surface area contributed by atoms with E-state index in [1.54, 1.807) is 48.5 Å². The molecule has 2 rings (SSSR count). The van der Waals surface area contributed by atoms with E-state index in [-0.39, 0.29) is 24.5 Å². The van der Waals surface area contributed by atoms with E-state index in [9.17, 15) is 9.90 Å². The van der Waals surface area contributed by atoms with Crippen molar-refractivity contribution in [1.82, 2.24) is 5.32 Å². The first-order valence-electron chi connectivity index (χ1n) is 7.74. The number of hydrogen-bond donors (Lipinski definition) is 2. The molecule has 2 aromatic carbocycles. The van der Waals surface area contributed by atoms with Gasteiger partial charge in [0.25, 0.3) is 5.91 Å². The van der Waals surface area contributed by atoms with E-state index >= 15 is 0 Å². The van der Waals surface area contributed by atoms with Crippen molar-refractivity contribution in [3.63, 3.8) is 0 Å². The van der Waals surface area contributed by atoms with Gasteiger partial charge < -0.3 is 15.2 Å². The molecule has 0 spiro atoms. The molecule has 0 heterocycles. The van der Waals surface area contributed by atoms with Gasteiger partial charge in [-0.1, -0.05) is 31.2 Å². The first-order valence-corrected chi connectivity index (χ1v) is 7.74. The fourth-order valence-corrected chi connectivity index (χ4v) is 2.09. The number of rotatable bonds is 6. The molecular weight excluding hydrogens is 304 g/mol. The number of hydrogen-bond acceptors (Lipinski definition) is 4. The number of nitrogens with zero attached hydrogens (tertiary/aromatic N) is 1. The molecule has 0 saturated carbocycles. The normalized spacial score (nSPS) is 12.8. The number of aliphatic hydroxyl groups excluding tert-OH is 1. The lowest BCUT2D eigenvalue weighted by Gasteiger charge is -2.20. The molecule has 0 radical (unpaired) electrons. The molecule has 1 amide bonds. The summed E-state index contributed by atoms with van der Waals surface area (Å²) in [5.74, 6) is 0.438. The summed E-state index contributed by atoms with van der Waals surface area (Å²) in [6, 6.07) is 15.6. The molecule has 0 saturated heterocycles. The van der Waals surface area contributed by atoms with Crippen molar-refractivity contribution in [3.05, 3.63) is 59.7 Å². The van der Waals surface area contributed by atoms with Crippen molar-refractivity contribution in [3.8, 4) is 17.6 Å². The molecule has 0 aliphatic rings. The maximum absolute atomic E-state index is 12.5. The highest BCUT2D eigenvalue weighted by molar-refractivity contribution is 5.97. The molecule has 2 atom stereocenters. The van der Waals surface area contributed by atoms with Crippen LogP contribution >= 0.6 is 0 Å². The van der Waals surface area contributed by atoms with Crippen LogP contribution in [0.2, 0.25) is 0 Å². The van der Waals surface area contributed by atoms with Gasteiger partial charge in [0.1, 0.15) is 17.6 Å². The third-order valence-corrected chi connectivity index (χ3v) is 3.86. The lowest BCUT2D eigenvalue weighted by atomic mass is 10.0. The van der Waals surface area contributed by atoms with Crippen molar-refractivity contribution in [2.75, 3.05) is 6.61 Å². The Kier molecular flexibility index (Phi) is 5.94. The number of carbonyl (C=O) groups excluding carboxylic acids is 1. The molecule has 0 aliphatic carbocycles. The Morgan fingerprint density at radius 1 is 1.17 bits per heavy atom. The molecular formula is C19H20N2O3. The van der Waals surface area contributed by atoms with Crippen LogP contribution < -0.4 is 10.1 Å². The van der Waals surface area contributed by atoms with Gasteiger partial charge in [-0.15, -0.1) is 0 Å². The first-order chi connectivity index (χ1) is 11.6. The maximum atomic E-state index is 12.5. The van der Waals surface area contributed by atoms with Crippen LogP contribution in [0.4, 0.5) is 0 Å². The summed E-state index contributed by atoms with van der Waals surface area (Å²) in [4.78, 5) is 12.5. The molecule has 0 aromatic heterocycles. The minimum atomic E-state index is -0.284. The van der Waals surface area contributed by atoms with Gasteiger partial charge in [-0.2, -0.15) is 5.26 Å². The molecule has 2 aromatic rings. The largest absolute Gasteiger partial charge is 0.455 e. The van der Waals surface area contributed by atoms with Crippen LogP contribution in [-0.4, -0.2) is 23.7 Å². The number of aliphatic hydroxyl groups is 1. The van der Waals surface area contributed by atoms with E-state index in [4.69, 9.17) is 10.00 Å². The summed E-state index contributed by atoms with van der Waals surface area (Å²) in [6.45, 7) is 3.69. The number of benzene rings is 2. The number of nitriles is 1. The number of carbonyl (C=O) groups is 1. The van der Waals surface area contributed by atoms with Crippen molar-refractivity contribution in [2.45, 2.75) is 19.9 Å².